The van der Waals surface area contributed by atoms with Gasteiger partial charge < -0.3 is 10.4 Å². The molecule has 1 heterocycles. The number of rotatable bonds is 4. The van der Waals surface area contributed by atoms with E-state index >= 15 is 0 Å². The van der Waals surface area contributed by atoms with Crippen LogP contribution >= 0.6 is 0 Å². The fraction of sp³-hybridized carbons (Fsp3) is 0.571. The van der Waals surface area contributed by atoms with Crippen LogP contribution < -0.4 is 5.32 Å². The fourth-order valence-corrected chi connectivity index (χ4v) is 2.42. The minimum absolute atomic E-state index is 0.134. The van der Waals surface area contributed by atoms with E-state index in [9.17, 15) is 18.3 Å². The van der Waals surface area contributed by atoms with Crippen LogP contribution in [0.4, 0.5) is 13.2 Å². The van der Waals surface area contributed by atoms with Crippen LogP contribution in [0.5, 0.6) is 0 Å². The van der Waals surface area contributed by atoms with Gasteiger partial charge in [-0.2, -0.15) is 13.2 Å². The van der Waals surface area contributed by atoms with Gasteiger partial charge in [-0.3, -0.25) is 0 Å². The standard InChI is InChI=1S/C14H18F3NO/c15-14(16,17)11-6-3-10(4-7-11)5-8-13(19)12-2-1-9-18-12/h3-4,6-7,12-13,18-19H,1-2,5,8-9H2. The van der Waals surface area contributed by atoms with Crippen molar-refractivity contribution in [2.75, 3.05) is 6.54 Å². The molecule has 0 spiro atoms. The molecule has 2 nitrogen and oxygen atoms in total. The van der Waals surface area contributed by atoms with E-state index in [2.05, 4.69) is 5.32 Å². The van der Waals surface area contributed by atoms with E-state index in [1.165, 1.54) is 12.1 Å². The Morgan fingerprint density at radius 1 is 1.26 bits per heavy atom. The van der Waals surface area contributed by atoms with Gasteiger partial charge in [0.25, 0.3) is 0 Å². The average molecular weight is 273 g/mol. The zero-order valence-corrected chi connectivity index (χ0v) is 10.6. The van der Waals surface area contributed by atoms with Gasteiger partial charge in [0.15, 0.2) is 0 Å². The molecule has 106 valence electrons. The summed E-state index contributed by atoms with van der Waals surface area (Å²) in [6.45, 7) is 0.933. The van der Waals surface area contributed by atoms with Gasteiger partial charge >= 0.3 is 6.18 Å². The number of aliphatic hydroxyl groups excluding tert-OH is 1. The Morgan fingerprint density at radius 3 is 2.47 bits per heavy atom. The summed E-state index contributed by atoms with van der Waals surface area (Å²) in [5.41, 5.74) is 0.194. The van der Waals surface area contributed by atoms with Crippen LogP contribution in [-0.2, 0) is 12.6 Å². The maximum absolute atomic E-state index is 12.4. The molecule has 0 bridgehead atoms. The Morgan fingerprint density at radius 2 is 1.95 bits per heavy atom. The molecule has 0 aliphatic carbocycles. The van der Waals surface area contributed by atoms with Crippen molar-refractivity contribution in [2.45, 2.75) is 44.0 Å². The Bertz CT molecular complexity index is 396. The molecule has 0 radical (unpaired) electrons. The minimum Gasteiger partial charge on any atom is -0.391 e. The Balaban J connectivity index is 1.86. The molecule has 0 amide bonds. The lowest BCUT2D eigenvalue weighted by atomic mass is 10.00. The monoisotopic (exact) mass is 273 g/mol. The molecule has 1 aromatic rings. The zero-order valence-electron chi connectivity index (χ0n) is 10.6. The van der Waals surface area contributed by atoms with Gasteiger partial charge in [0.2, 0.25) is 0 Å². The highest BCUT2D eigenvalue weighted by Gasteiger charge is 2.30. The summed E-state index contributed by atoms with van der Waals surface area (Å²) < 4.78 is 37.2. The third-order valence-corrected chi connectivity index (χ3v) is 3.57. The molecule has 1 fully saturated rings. The van der Waals surface area contributed by atoms with Crippen LogP contribution in [0, 0.1) is 0 Å². The van der Waals surface area contributed by atoms with Crippen molar-refractivity contribution in [3.63, 3.8) is 0 Å². The SMILES string of the molecule is OC(CCc1ccc(C(F)(F)F)cc1)C1CCCN1. The highest BCUT2D eigenvalue weighted by Crippen LogP contribution is 2.29. The number of halogens is 3. The molecule has 1 aliphatic rings. The summed E-state index contributed by atoms with van der Waals surface area (Å²) in [5.74, 6) is 0. The molecular weight excluding hydrogens is 255 g/mol. The van der Waals surface area contributed by atoms with Crippen molar-refractivity contribution < 1.29 is 18.3 Å². The molecule has 2 atom stereocenters. The summed E-state index contributed by atoms with van der Waals surface area (Å²) in [7, 11) is 0. The topological polar surface area (TPSA) is 32.3 Å². The molecule has 1 saturated heterocycles. The van der Waals surface area contributed by atoms with Crippen molar-refractivity contribution in [3.05, 3.63) is 35.4 Å². The van der Waals surface area contributed by atoms with Gasteiger partial charge in [-0.15, -0.1) is 0 Å². The molecule has 2 rings (SSSR count). The van der Waals surface area contributed by atoms with Gasteiger partial charge in [0.05, 0.1) is 11.7 Å². The number of hydrogen-bond acceptors (Lipinski definition) is 2. The molecule has 1 aromatic carbocycles. The normalized spacial score (nSPS) is 21.6. The van der Waals surface area contributed by atoms with Crippen LogP contribution in [0.15, 0.2) is 24.3 Å². The van der Waals surface area contributed by atoms with E-state index in [4.69, 9.17) is 0 Å². The molecule has 19 heavy (non-hydrogen) atoms. The molecule has 5 heteroatoms. The third kappa shape index (κ3) is 3.94. The van der Waals surface area contributed by atoms with Crippen molar-refractivity contribution in [1.29, 1.82) is 0 Å². The summed E-state index contributed by atoms with van der Waals surface area (Å²) in [6, 6.07) is 5.29. The minimum atomic E-state index is -4.29. The smallest absolute Gasteiger partial charge is 0.391 e. The number of benzene rings is 1. The van der Waals surface area contributed by atoms with Gasteiger partial charge in [0, 0.05) is 6.04 Å². The Kier molecular flexibility index (Phi) is 4.47. The first kappa shape index (κ1) is 14.3. The van der Waals surface area contributed by atoms with Crippen molar-refractivity contribution in [3.8, 4) is 0 Å². The second-order valence-corrected chi connectivity index (χ2v) is 5.00. The van der Waals surface area contributed by atoms with Gasteiger partial charge in [-0.25, -0.2) is 0 Å². The predicted octanol–water partition coefficient (Wildman–Crippen LogP) is 2.75. The highest BCUT2D eigenvalue weighted by atomic mass is 19.4. The Hall–Kier alpha value is -1.07. The number of hydrogen-bond donors (Lipinski definition) is 2. The number of alkyl halides is 3. The largest absolute Gasteiger partial charge is 0.416 e. The summed E-state index contributed by atoms with van der Waals surface area (Å²) in [6.07, 6.45) is -1.51. The quantitative estimate of drug-likeness (QED) is 0.884. The van der Waals surface area contributed by atoms with Crippen LogP contribution in [0.25, 0.3) is 0 Å². The highest BCUT2D eigenvalue weighted by molar-refractivity contribution is 5.24. The van der Waals surface area contributed by atoms with E-state index < -0.39 is 17.8 Å². The average Bonchev–Trinajstić information content (AvgIpc) is 2.89. The number of aryl methyl sites for hydroxylation is 1. The maximum Gasteiger partial charge on any atom is 0.416 e. The first-order valence-corrected chi connectivity index (χ1v) is 6.54. The second kappa shape index (κ2) is 5.92. The summed E-state index contributed by atoms with van der Waals surface area (Å²) in [4.78, 5) is 0. The van der Waals surface area contributed by atoms with Gasteiger partial charge in [-0.05, 0) is 49.9 Å². The lowest BCUT2D eigenvalue weighted by Gasteiger charge is -2.18. The lowest BCUT2D eigenvalue weighted by Crippen LogP contribution is -2.34. The first-order valence-electron chi connectivity index (χ1n) is 6.54. The second-order valence-electron chi connectivity index (χ2n) is 5.00. The first-order chi connectivity index (χ1) is 8.97. The molecule has 0 saturated carbocycles. The summed E-state index contributed by atoms with van der Waals surface area (Å²) >= 11 is 0. The molecule has 2 N–H and O–H groups in total. The lowest BCUT2D eigenvalue weighted by molar-refractivity contribution is -0.137. The van der Waals surface area contributed by atoms with E-state index in [1.54, 1.807) is 0 Å². The van der Waals surface area contributed by atoms with Crippen molar-refractivity contribution in [2.24, 2.45) is 0 Å². The maximum atomic E-state index is 12.4. The molecule has 2 unspecified atom stereocenters. The van der Waals surface area contributed by atoms with Crippen molar-refractivity contribution >= 4 is 0 Å². The third-order valence-electron chi connectivity index (χ3n) is 3.57. The van der Waals surface area contributed by atoms with Crippen LogP contribution in [0.3, 0.4) is 0 Å². The van der Waals surface area contributed by atoms with E-state index in [0.717, 1.165) is 37.1 Å². The van der Waals surface area contributed by atoms with E-state index in [-0.39, 0.29) is 6.04 Å². The summed E-state index contributed by atoms with van der Waals surface area (Å²) in [5, 5.41) is 13.2. The fourth-order valence-electron chi connectivity index (χ4n) is 2.42. The molecular formula is C14H18F3NO. The van der Waals surface area contributed by atoms with E-state index in [1.807, 2.05) is 0 Å². The van der Waals surface area contributed by atoms with Gasteiger partial charge in [0.1, 0.15) is 0 Å². The number of nitrogens with one attached hydrogen (secondary N) is 1. The van der Waals surface area contributed by atoms with Crippen LogP contribution in [-0.4, -0.2) is 23.8 Å². The zero-order chi connectivity index (χ0) is 13.9. The van der Waals surface area contributed by atoms with Gasteiger partial charge in [-0.1, -0.05) is 12.1 Å². The number of aliphatic hydroxyl groups is 1. The van der Waals surface area contributed by atoms with E-state index in [0.29, 0.717) is 12.8 Å². The van der Waals surface area contributed by atoms with Crippen molar-refractivity contribution in [1.82, 2.24) is 5.32 Å². The van der Waals surface area contributed by atoms with Crippen LogP contribution in [0.2, 0.25) is 0 Å². The van der Waals surface area contributed by atoms with Crippen LogP contribution in [0.1, 0.15) is 30.4 Å². The predicted molar refractivity (Wildman–Crippen MR) is 66.8 cm³/mol. The Labute approximate surface area is 110 Å². The molecule has 1 aliphatic heterocycles. The molecule has 0 aromatic heterocycles.